The Balaban J connectivity index is 1.61. The number of ether oxygens (including phenoxy) is 1. The summed E-state index contributed by atoms with van der Waals surface area (Å²) in [5, 5.41) is 9.11. The molecule has 0 atom stereocenters. The zero-order chi connectivity index (χ0) is 27.9. The van der Waals surface area contributed by atoms with Crippen molar-refractivity contribution in [3.63, 3.8) is 0 Å². The molecule has 11 nitrogen and oxygen atoms in total. The van der Waals surface area contributed by atoms with E-state index in [1.54, 1.807) is 20.1 Å². The molecule has 0 aliphatic heterocycles. The number of nitrogens with one attached hydrogen (secondary N) is 1. The normalized spacial score (nSPS) is 10.8. The van der Waals surface area contributed by atoms with Crippen molar-refractivity contribution in [1.29, 1.82) is 0 Å². The van der Waals surface area contributed by atoms with Gasteiger partial charge in [0.05, 0.1) is 25.0 Å². The number of hydrogen-bond donors (Lipinski definition) is 2. The number of anilines is 2. The van der Waals surface area contributed by atoms with E-state index < -0.39 is 11.2 Å². The number of nitrogens with two attached hydrogens (primary N) is 1. The minimum Gasteiger partial charge on any atom is -0.496 e. The first-order chi connectivity index (χ1) is 18.9. The second-order valence-corrected chi connectivity index (χ2v) is 9.34. The molecular weight excluding hydrogens is 518 g/mol. The standard InChI is InChI=1S/C27H29N7O4S/c1-4-15-33-24(19-13-9-10-14-20(19)38-3)30-31-27(33)39-17-21(35)32(5-2)22-23(28)34(26(37)29-25(22)36)16-18-11-7-6-8-12-18/h4,6-14H,1,5,15-17,28H2,2-3H3,(H,29,36,37). The zero-order valence-electron chi connectivity index (χ0n) is 21.7. The molecular formula is C27H29N7O4S. The van der Waals surface area contributed by atoms with Crippen LogP contribution in [0.1, 0.15) is 12.5 Å². The van der Waals surface area contributed by atoms with Crippen LogP contribution in [-0.4, -0.2) is 49.6 Å². The number of nitrogens with zero attached hydrogens (tertiary/aromatic N) is 5. The van der Waals surface area contributed by atoms with Gasteiger partial charge in [-0.2, -0.15) is 0 Å². The third-order valence-corrected chi connectivity index (χ3v) is 6.94. The van der Waals surface area contributed by atoms with E-state index in [1.807, 2.05) is 59.2 Å². The van der Waals surface area contributed by atoms with Crippen molar-refractivity contribution in [1.82, 2.24) is 24.3 Å². The highest BCUT2D eigenvalue weighted by Gasteiger charge is 2.24. The van der Waals surface area contributed by atoms with E-state index in [9.17, 15) is 14.4 Å². The van der Waals surface area contributed by atoms with Crippen LogP contribution in [-0.2, 0) is 17.9 Å². The van der Waals surface area contributed by atoms with Gasteiger partial charge in [0.15, 0.2) is 16.7 Å². The molecule has 202 valence electrons. The molecule has 2 aromatic carbocycles. The summed E-state index contributed by atoms with van der Waals surface area (Å²) >= 11 is 1.17. The Bertz CT molecular complexity index is 1590. The molecule has 0 fully saturated rings. The minimum atomic E-state index is -0.727. The first kappa shape index (κ1) is 27.5. The van der Waals surface area contributed by atoms with Crippen molar-refractivity contribution >= 4 is 29.2 Å². The molecule has 1 amide bonds. The topological polar surface area (TPSA) is 141 Å². The van der Waals surface area contributed by atoms with E-state index in [-0.39, 0.29) is 36.3 Å². The van der Waals surface area contributed by atoms with Gasteiger partial charge in [-0.15, -0.1) is 16.8 Å². The van der Waals surface area contributed by atoms with Gasteiger partial charge in [0.25, 0.3) is 5.56 Å². The number of H-pyrrole nitrogens is 1. The lowest BCUT2D eigenvalue weighted by Gasteiger charge is -2.23. The number of thioether (sulfide) groups is 1. The molecule has 0 saturated carbocycles. The highest BCUT2D eigenvalue weighted by Crippen LogP contribution is 2.31. The molecule has 3 N–H and O–H groups in total. The van der Waals surface area contributed by atoms with Crippen LogP contribution in [0.3, 0.4) is 0 Å². The second kappa shape index (κ2) is 12.3. The molecule has 39 heavy (non-hydrogen) atoms. The molecule has 4 rings (SSSR count). The van der Waals surface area contributed by atoms with Gasteiger partial charge in [0.1, 0.15) is 11.6 Å². The average molecular weight is 548 g/mol. The molecule has 2 aromatic heterocycles. The highest BCUT2D eigenvalue weighted by molar-refractivity contribution is 7.99. The van der Waals surface area contributed by atoms with Gasteiger partial charge >= 0.3 is 5.69 Å². The second-order valence-electron chi connectivity index (χ2n) is 8.40. The zero-order valence-corrected chi connectivity index (χ0v) is 22.5. The molecule has 0 aliphatic carbocycles. The smallest absolute Gasteiger partial charge is 0.330 e. The number of hydrogen-bond acceptors (Lipinski definition) is 8. The number of aromatic nitrogens is 5. The molecule has 0 aliphatic rings. The van der Waals surface area contributed by atoms with Crippen LogP contribution in [0, 0.1) is 0 Å². The Morgan fingerprint density at radius 3 is 2.54 bits per heavy atom. The summed E-state index contributed by atoms with van der Waals surface area (Å²) in [7, 11) is 1.58. The molecule has 0 bridgehead atoms. The van der Waals surface area contributed by atoms with Gasteiger partial charge in [-0.1, -0.05) is 60.3 Å². The number of benzene rings is 2. The van der Waals surface area contributed by atoms with Crippen molar-refractivity contribution in [2.45, 2.75) is 25.2 Å². The van der Waals surface area contributed by atoms with E-state index in [0.717, 1.165) is 11.1 Å². The van der Waals surface area contributed by atoms with Crippen molar-refractivity contribution in [3.05, 3.63) is 93.7 Å². The summed E-state index contributed by atoms with van der Waals surface area (Å²) < 4.78 is 8.55. The van der Waals surface area contributed by atoms with Crippen molar-refractivity contribution < 1.29 is 9.53 Å². The van der Waals surface area contributed by atoms with Crippen molar-refractivity contribution in [2.75, 3.05) is 30.0 Å². The lowest BCUT2D eigenvalue weighted by Crippen LogP contribution is -2.41. The molecule has 12 heteroatoms. The number of aromatic amines is 1. The van der Waals surface area contributed by atoms with Crippen molar-refractivity contribution in [3.8, 4) is 17.1 Å². The van der Waals surface area contributed by atoms with E-state index >= 15 is 0 Å². The number of amides is 1. The Hall–Kier alpha value is -4.58. The maximum atomic E-state index is 13.4. The predicted molar refractivity (Wildman–Crippen MR) is 152 cm³/mol. The van der Waals surface area contributed by atoms with Gasteiger partial charge in [-0.3, -0.25) is 23.7 Å². The largest absolute Gasteiger partial charge is 0.496 e. The van der Waals surface area contributed by atoms with Crippen LogP contribution in [0.15, 0.2) is 82.0 Å². The van der Waals surface area contributed by atoms with Gasteiger partial charge in [-0.25, -0.2) is 4.79 Å². The van der Waals surface area contributed by atoms with Crippen LogP contribution in [0.4, 0.5) is 11.5 Å². The fraction of sp³-hybridized carbons (Fsp3) is 0.222. The summed E-state index contributed by atoms with van der Waals surface area (Å²) in [5.41, 5.74) is 6.44. The molecule has 0 radical (unpaired) electrons. The summed E-state index contributed by atoms with van der Waals surface area (Å²) in [5.74, 6) is 0.701. The van der Waals surface area contributed by atoms with E-state index in [1.165, 1.54) is 21.2 Å². The van der Waals surface area contributed by atoms with Gasteiger partial charge in [0, 0.05) is 13.1 Å². The quantitative estimate of drug-likeness (QED) is 0.216. The number of nitrogen functional groups attached to an aromatic ring is 1. The maximum Gasteiger partial charge on any atom is 0.330 e. The minimum absolute atomic E-state index is 0.0499. The van der Waals surface area contributed by atoms with E-state index in [0.29, 0.717) is 23.3 Å². The van der Waals surface area contributed by atoms with Crippen LogP contribution >= 0.6 is 11.8 Å². The van der Waals surface area contributed by atoms with Gasteiger partial charge in [-0.05, 0) is 24.6 Å². The predicted octanol–water partition coefficient (Wildman–Crippen LogP) is 2.77. The number of methoxy groups -OCH3 is 1. The lowest BCUT2D eigenvalue weighted by atomic mass is 10.2. The number of allylic oxidation sites excluding steroid dienone is 1. The number of carbonyl (C=O) groups excluding carboxylic acids is 1. The van der Waals surface area contributed by atoms with Gasteiger partial charge < -0.3 is 15.4 Å². The lowest BCUT2D eigenvalue weighted by molar-refractivity contribution is -0.116. The monoisotopic (exact) mass is 547 g/mol. The first-order valence-electron chi connectivity index (χ1n) is 12.2. The van der Waals surface area contributed by atoms with Crippen LogP contribution < -0.4 is 26.6 Å². The molecule has 0 saturated heterocycles. The van der Waals surface area contributed by atoms with Crippen LogP contribution in [0.5, 0.6) is 5.75 Å². The SMILES string of the molecule is C=CCn1c(SCC(=O)N(CC)c2c(N)n(Cc3ccccc3)c(=O)[nH]c2=O)nnc1-c1ccccc1OC. The molecule has 2 heterocycles. The first-order valence-corrected chi connectivity index (χ1v) is 13.1. The fourth-order valence-electron chi connectivity index (χ4n) is 4.14. The Labute approximate surface area is 228 Å². The fourth-order valence-corrected chi connectivity index (χ4v) is 4.97. The third kappa shape index (κ3) is 5.80. The Morgan fingerprint density at radius 1 is 1.13 bits per heavy atom. The number of rotatable bonds is 11. The summed E-state index contributed by atoms with van der Waals surface area (Å²) in [6.45, 7) is 6.28. The number of carbonyl (C=O) groups is 1. The summed E-state index contributed by atoms with van der Waals surface area (Å²) in [6, 6.07) is 16.7. The summed E-state index contributed by atoms with van der Waals surface area (Å²) in [4.78, 5) is 42.3. The Morgan fingerprint density at radius 2 is 1.85 bits per heavy atom. The van der Waals surface area contributed by atoms with E-state index in [2.05, 4.69) is 21.8 Å². The highest BCUT2D eigenvalue weighted by atomic mass is 32.2. The maximum absolute atomic E-state index is 13.4. The molecule has 0 unspecified atom stereocenters. The van der Waals surface area contributed by atoms with Crippen molar-refractivity contribution in [2.24, 2.45) is 0 Å². The van der Waals surface area contributed by atoms with E-state index in [4.69, 9.17) is 10.5 Å². The molecule has 4 aromatic rings. The average Bonchev–Trinajstić information content (AvgIpc) is 3.34. The van der Waals surface area contributed by atoms with Crippen LogP contribution in [0.2, 0.25) is 0 Å². The van der Waals surface area contributed by atoms with Gasteiger partial charge in [0.2, 0.25) is 5.91 Å². The Kier molecular flexibility index (Phi) is 8.67. The van der Waals surface area contributed by atoms with Crippen LogP contribution in [0.25, 0.3) is 11.4 Å². The summed E-state index contributed by atoms with van der Waals surface area (Å²) in [6.07, 6.45) is 1.71. The number of para-hydroxylation sites is 1. The third-order valence-electron chi connectivity index (χ3n) is 5.99. The molecule has 0 spiro atoms.